The first-order valence-electron chi connectivity index (χ1n) is 4.94. The van der Waals surface area contributed by atoms with Crippen molar-refractivity contribution < 1.29 is 42.5 Å². The fourth-order valence-corrected chi connectivity index (χ4v) is 2.10. The van der Waals surface area contributed by atoms with Gasteiger partial charge < -0.3 is 9.87 Å². The van der Waals surface area contributed by atoms with Gasteiger partial charge >= 0.3 is 29.6 Å². The van der Waals surface area contributed by atoms with E-state index in [1.54, 1.807) is 24.3 Å². The van der Waals surface area contributed by atoms with Gasteiger partial charge in [0.25, 0.3) is 0 Å². The molecule has 0 saturated heterocycles. The van der Waals surface area contributed by atoms with E-state index in [1.165, 1.54) is 12.1 Å². The number of nitrogens with one attached hydrogen (secondary N) is 1. The van der Waals surface area contributed by atoms with E-state index in [9.17, 15) is 13.0 Å². The van der Waals surface area contributed by atoms with E-state index in [4.69, 9.17) is 0 Å². The summed E-state index contributed by atoms with van der Waals surface area (Å²) >= 11 is 0. The quantitative estimate of drug-likeness (QED) is 0.594. The van der Waals surface area contributed by atoms with Crippen LogP contribution in [0.5, 0.6) is 0 Å². The maximum absolute atomic E-state index is 11.0. The molecule has 1 N–H and O–H groups in total. The number of para-hydroxylation sites is 2. The molecule has 0 radical (unpaired) electrons. The summed E-state index contributed by atoms with van der Waals surface area (Å²) in [7, 11) is -4.47. The van der Waals surface area contributed by atoms with Crippen molar-refractivity contribution in [3.8, 4) is 0 Å². The molecule has 18 heavy (non-hydrogen) atoms. The minimum absolute atomic E-state index is 0. The van der Waals surface area contributed by atoms with Crippen molar-refractivity contribution in [3.05, 3.63) is 54.6 Å². The number of hydrogen-bond acceptors (Lipinski definition) is 4. The molecular weight excluding hydrogens is 261 g/mol. The molecule has 88 valence electrons. The predicted molar refractivity (Wildman–Crippen MR) is 64.1 cm³/mol. The molecule has 0 bridgehead atoms. The van der Waals surface area contributed by atoms with Gasteiger partial charge in [0, 0.05) is 5.69 Å². The molecule has 2 aromatic carbocycles. The van der Waals surface area contributed by atoms with Crippen molar-refractivity contribution in [2.24, 2.45) is 0 Å². The molecule has 0 amide bonds. The molecule has 0 aliphatic rings. The fourth-order valence-electron chi connectivity index (χ4n) is 1.46. The van der Waals surface area contributed by atoms with E-state index in [1.807, 2.05) is 18.2 Å². The molecule has 6 heteroatoms. The third-order valence-corrected chi connectivity index (χ3v) is 3.10. The standard InChI is InChI=1S/C12H11NO3S.Na/c14-17(15,16)12-9-5-4-8-11(12)13-10-6-2-1-3-7-10;/h1-9,13H,(H,14,15,16);/q;+1/p-1. The van der Waals surface area contributed by atoms with Crippen molar-refractivity contribution in [1.82, 2.24) is 0 Å². The zero-order chi connectivity index (χ0) is 12.3. The average Bonchev–Trinajstić information content (AvgIpc) is 2.30. The van der Waals surface area contributed by atoms with E-state index in [0.717, 1.165) is 5.69 Å². The Labute approximate surface area is 128 Å². The molecule has 0 unspecified atom stereocenters. The van der Waals surface area contributed by atoms with Gasteiger partial charge in [0.2, 0.25) is 0 Å². The van der Waals surface area contributed by atoms with Gasteiger partial charge in [-0.25, -0.2) is 8.42 Å². The summed E-state index contributed by atoms with van der Waals surface area (Å²) in [5.41, 5.74) is 1.01. The van der Waals surface area contributed by atoms with Gasteiger partial charge in [-0.3, -0.25) is 0 Å². The first kappa shape index (κ1) is 15.2. The second kappa shape index (κ2) is 6.36. The minimum Gasteiger partial charge on any atom is -0.744 e. The third-order valence-electron chi connectivity index (χ3n) is 2.21. The summed E-state index contributed by atoms with van der Waals surface area (Å²) < 4.78 is 33.1. The summed E-state index contributed by atoms with van der Waals surface area (Å²) in [6.07, 6.45) is 0. The van der Waals surface area contributed by atoms with E-state index in [2.05, 4.69) is 5.32 Å². The Bertz CT molecular complexity index is 614. The molecule has 0 atom stereocenters. The van der Waals surface area contributed by atoms with Gasteiger partial charge in [-0.05, 0) is 24.3 Å². The molecule has 0 spiro atoms. The van der Waals surface area contributed by atoms with Crippen LogP contribution in [0.2, 0.25) is 0 Å². The van der Waals surface area contributed by atoms with Gasteiger partial charge in [0.1, 0.15) is 10.1 Å². The minimum atomic E-state index is -4.47. The van der Waals surface area contributed by atoms with Crippen molar-refractivity contribution >= 4 is 21.5 Å². The predicted octanol–water partition coefficient (Wildman–Crippen LogP) is -0.662. The largest absolute Gasteiger partial charge is 1.00 e. The second-order valence-corrected chi connectivity index (χ2v) is 4.79. The molecule has 0 aliphatic carbocycles. The molecule has 0 saturated carbocycles. The Morgan fingerprint density at radius 1 is 0.889 bits per heavy atom. The van der Waals surface area contributed by atoms with E-state index in [0.29, 0.717) is 0 Å². The van der Waals surface area contributed by atoms with Crippen LogP contribution >= 0.6 is 0 Å². The molecule has 0 aliphatic heterocycles. The Morgan fingerprint density at radius 3 is 2.06 bits per heavy atom. The summed E-state index contributed by atoms with van der Waals surface area (Å²) in [5, 5.41) is 2.90. The number of rotatable bonds is 3. The molecule has 0 heterocycles. The molecule has 2 aromatic rings. The van der Waals surface area contributed by atoms with E-state index < -0.39 is 10.1 Å². The second-order valence-electron chi connectivity index (χ2n) is 3.44. The maximum atomic E-state index is 11.0. The van der Waals surface area contributed by atoms with E-state index in [-0.39, 0.29) is 40.1 Å². The van der Waals surface area contributed by atoms with Crippen molar-refractivity contribution in [3.63, 3.8) is 0 Å². The van der Waals surface area contributed by atoms with Crippen LogP contribution in [0.1, 0.15) is 0 Å². The van der Waals surface area contributed by atoms with Crippen LogP contribution in [0, 0.1) is 0 Å². The Kier molecular flexibility index (Phi) is 5.37. The van der Waals surface area contributed by atoms with Gasteiger partial charge in [-0.15, -0.1) is 0 Å². The van der Waals surface area contributed by atoms with Crippen LogP contribution in [0.15, 0.2) is 59.5 Å². The van der Waals surface area contributed by atoms with Crippen LogP contribution < -0.4 is 34.9 Å². The summed E-state index contributed by atoms with van der Waals surface area (Å²) in [4.78, 5) is -0.246. The molecule has 0 aromatic heterocycles. The fraction of sp³-hybridized carbons (Fsp3) is 0. The van der Waals surface area contributed by atoms with Crippen LogP contribution in [0.25, 0.3) is 0 Å². The normalized spacial score (nSPS) is 10.5. The number of hydrogen-bond donors (Lipinski definition) is 1. The molecular formula is C12H10NNaO3S. The monoisotopic (exact) mass is 271 g/mol. The van der Waals surface area contributed by atoms with Crippen molar-refractivity contribution in [2.75, 3.05) is 5.32 Å². The molecule has 4 nitrogen and oxygen atoms in total. The van der Waals surface area contributed by atoms with Crippen LogP contribution in [-0.2, 0) is 10.1 Å². The Hall–Kier alpha value is -0.850. The zero-order valence-corrected chi connectivity index (χ0v) is 12.6. The van der Waals surface area contributed by atoms with Gasteiger partial charge in [-0.2, -0.15) is 0 Å². The SMILES string of the molecule is O=S(=O)([O-])c1ccccc1Nc1ccccc1.[Na+]. The van der Waals surface area contributed by atoms with Gasteiger partial charge in [0.05, 0.1) is 10.6 Å². The van der Waals surface area contributed by atoms with Crippen LogP contribution in [-0.4, -0.2) is 13.0 Å². The van der Waals surface area contributed by atoms with E-state index >= 15 is 0 Å². The Balaban J connectivity index is 0.00000162. The summed E-state index contributed by atoms with van der Waals surface area (Å²) in [6.45, 7) is 0. The molecule has 0 fully saturated rings. The van der Waals surface area contributed by atoms with Crippen molar-refractivity contribution in [1.29, 1.82) is 0 Å². The third kappa shape index (κ3) is 3.83. The van der Waals surface area contributed by atoms with Gasteiger partial charge in [0.15, 0.2) is 0 Å². The van der Waals surface area contributed by atoms with Crippen LogP contribution in [0.4, 0.5) is 11.4 Å². The first-order chi connectivity index (χ1) is 8.07. The molecule has 2 rings (SSSR count). The topological polar surface area (TPSA) is 69.2 Å². The smallest absolute Gasteiger partial charge is 0.744 e. The summed E-state index contributed by atoms with van der Waals surface area (Å²) in [5.74, 6) is 0. The first-order valence-corrected chi connectivity index (χ1v) is 6.35. The van der Waals surface area contributed by atoms with Crippen LogP contribution in [0.3, 0.4) is 0 Å². The average molecular weight is 271 g/mol. The Morgan fingerprint density at radius 2 is 1.44 bits per heavy atom. The summed E-state index contributed by atoms with van der Waals surface area (Å²) in [6, 6.07) is 15.1. The number of benzene rings is 2. The van der Waals surface area contributed by atoms with Gasteiger partial charge in [-0.1, -0.05) is 30.3 Å². The van der Waals surface area contributed by atoms with Crippen molar-refractivity contribution in [2.45, 2.75) is 4.90 Å². The zero-order valence-electron chi connectivity index (χ0n) is 9.83. The maximum Gasteiger partial charge on any atom is 1.00 e. The number of anilines is 2.